The standard InChI is InChI=1S/C24H17N5/c1-2-23(25-9-1)22-13-21-12-19-6-5-17(27-19)10-15-3-4-16(26-15)11-18-7-8-20(28-18)14-24(22)29-21/h1-14,25-26,29H. The van der Waals surface area contributed by atoms with Crippen molar-refractivity contribution < 1.29 is 0 Å². The van der Waals surface area contributed by atoms with Gasteiger partial charge in [0, 0.05) is 34.0 Å². The molecule has 4 aromatic heterocycles. The second-order valence-electron chi connectivity index (χ2n) is 7.17. The predicted octanol–water partition coefficient (Wildman–Crippen LogP) is 5.65. The lowest BCUT2D eigenvalue weighted by molar-refractivity contribution is 1.31. The molecule has 0 fully saturated rings. The van der Waals surface area contributed by atoms with Crippen LogP contribution in [0.5, 0.6) is 0 Å². The summed E-state index contributed by atoms with van der Waals surface area (Å²) in [5.41, 5.74) is 9.88. The fourth-order valence-corrected chi connectivity index (χ4v) is 3.74. The third-order valence-electron chi connectivity index (χ3n) is 5.06. The van der Waals surface area contributed by atoms with E-state index < -0.39 is 0 Å². The third-order valence-corrected chi connectivity index (χ3v) is 5.06. The van der Waals surface area contributed by atoms with Crippen molar-refractivity contribution in [2.75, 3.05) is 0 Å². The number of nitrogens with one attached hydrogen (secondary N) is 3. The van der Waals surface area contributed by atoms with Crippen LogP contribution in [-0.4, -0.2) is 24.9 Å². The third kappa shape index (κ3) is 2.99. The SMILES string of the molecule is C1=Cc2cc3cc(-c4ccc[nH]4)c(cc4nc(cc5ccc(cc1n2)[nH]5)C=C4)[nH]3. The number of aromatic nitrogens is 5. The van der Waals surface area contributed by atoms with Gasteiger partial charge in [-0.3, -0.25) is 0 Å². The van der Waals surface area contributed by atoms with Gasteiger partial charge in [-0.1, -0.05) is 0 Å². The van der Waals surface area contributed by atoms with E-state index in [1.165, 1.54) is 0 Å². The smallest absolute Gasteiger partial charge is 0.0658 e. The summed E-state index contributed by atoms with van der Waals surface area (Å²) in [6, 6.07) is 18.5. The van der Waals surface area contributed by atoms with Crippen LogP contribution >= 0.6 is 0 Å². The normalized spacial score (nSPS) is 12.6. The molecule has 29 heavy (non-hydrogen) atoms. The molecule has 6 heterocycles. The number of nitrogens with zero attached hydrogens (tertiary/aromatic N) is 2. The molecule has 2 aliphatic heterocycles. The lowest BCUT2D eigenvalue weighted by Gasteiger charge is -1.93. The summed E-state index contributed by atoms with van der Waals surface area (Å²) in [6.45, 7) is 0. The van der Waals surface area contributed by atoms with Crippen molar-refractivity contribution in [1.29, 1.82) is 0 Å². The molecule has 138 valence electrons. The minimum absolute atomic E-state index is 0.914. The van der Waals surface area contributed by atoms with Gasteiger partial charge in [-0.25, -0.2) is 9.97 Å². The highest BCUT2D eigenvalue weighted by molar-refractivity contribution is 5.86. The summed E-state index contributed by atoms with van der Waals surface area (Å²) in [5.74, 6) is 0. The van der Waals surface area contributed by atoms with E-state index in [4.69, 9.17) is 9.97 Å². The lowest BCUT2D eigenvalue weighted by Crippen LogP contribution is -1.77. The van der Waals surface area contributed by atoms with E-state index in [0.29, 0.717) is 0 Å². The van der Waals surface area contributed by atoms with E-state index in [2.05, 4.69) is 51.4 Å². The first-order valence-electron chi connectivity index (χ1n) is 9.51. The van der Waals surface area contributed by atoms with Crippen LogP contribution in [0.4, 0.5) is 0 Å². The molecule has 0 saturated carbocycles. The highest BCUT2D eigenvalue weighted by atomic mass is 14.8. The topological polar surface area (TPSA) is 73.2 Å². The maximum Gasteiger partial charge on any atom is 0.0658 e. The van der Waals surface area contributed by atoms with Gasteiger partial charge in [0.2, 0.25) is 0 Å². The Hall–Kier alpha value is -4.12. The van der Waals surface area contributed by atoms with Crippen molar-refractivity contribution in [3.05, 3.63) is 83.6 Å². The van der Waals surface area contributed by atoms with Crippen LogP contribution in [-0.2, 0) is 0 Å². The highest BCUT2D eigenvalue weighted by Gasteiger charge is 2.07. The van der Waals surface area contributed by atoms with Gasteiger partial charge in [-0.15, -0.1) is 0 Å². The second kappa shape index (κ2) is 6.21. The molecular weight excluding hydrogens is 358 g/mol. The molecule has 0 saturated heterocycles. The Bertz CT molecular complexity index is 1450. The van der Waals surface area contributed by atoms with Gasteiger partial charge in [0.05, 0.1) is 28.3 Å². The summed E-state index contributed by atoms with van der Waals surface area (Å²) in [6.07, 6.45) is 10.1. The van der Waals surface area contributed by atoms with E-state index in [1.54, 1.807) is 0 Å². The molecule has 3 N–H and O–H groups in total. The molecule has 6 rings (SSSR count). The van der Waals surface area contributed by atoms with Gasteiger partial charge >= 0.3 is 0 Å². The van der Waals surface area contributed by atoms with Gasteiger partial charge in [-0.05, 0) is 78.9 Å². The zero-order valence-electron chi connectivity index (χ0n) is 15.5. The van der Waals surface area contributed by atoms with Crippen molar-refractivity contribution in [3.63, 3.8) is 0 Å². The average molecular weight is 375 g/mol. The van der Waals surface area contributed by atoms with Crippen LogP contribution in [0.3, 0.4) is 0 Å². The van der Waals surface area contributed by atoms with Gasteiger partial charge < -0.3 is 15.0 Å². The Morgan fingerprint density at radius 1 is 0.586 bits per heavy atom. The Morgan fingerprint density at radius 2 is 1.21 bits per heavy atom. The number of H-pyrrole nitrogens is 3. The Labute approximate surface area is 166 Å². The summed E-state index contributed by atoms with van der Waals surface area (Å²) >= 11 is 0. The van der Waals surface area contributed by atoms with Gasteiger partial charge in [0.1, 0.15) is 0 Å². The number of fused-ring (bicyclic) bond motifs is 8. The van der Waals surface area contributed by atoms with E-state index in [0.717, 1.165) is 56.1 Å². The van der Waals surface area contributed by atoms with Crippen LogP contribution in [0.25, 0.3) is 57.6 Å². The predicted molar refractivity (Wildman–Crippen MR) is 119 cm³/mol. The van der Waals surface area contributed by atoms with Crippen LogP contribution in [0, 0.1) is 0 Å². The van der Waals surface area contributed by atoms with E-state index in [9.17, 15) is 0 Å². The second-order valence-corrected chi connectivity index (χ2v) is 7.17. The molecule has 0 unspecified atom stereocenters. The maximum absolute atomic E-state index is 4.75. The van der Waals surface area contributed by atoms with Gasteiger partial charge in [0.25, 0.3) is 0 Å². The molecule has 5 heteroatoms. The number of aromatic amines is 3. The number of hydrogen-bond acceptors (Lipinski definition) is 2. The van der Waals surface area contributed by atoms with Gasteiger partial charge in [0.15, 0.2) is 0 Å². The molecule has 0 aromatic carbocycles. The number of hydrogen-bond donors (Lipinski definition) is 3. The van der Waals surface area contributed by atoms with E-state index in [1.807, 2.05) is 48.7 Å². The largest absolute Gasteiger partial charge is 0.361 e. The quantitative estimate of drug-likeness (QED) is 0.347. The maximum atomic E-state index is 4.75. The molecule has 2 aliphatic rings. The summed E-state index contributed by atoms with van der Waals surface area (Å²) in [4.78, 5) is 19.7. The molecular formula is C24H17N5. The minimum atomic E-state index is 0.914. The van der Waals surface area contributed by atoms with Crippen molar-refractivity contribution in [3.8, 4) is 11.3 Å². The van der Waals surface area contributed by atoms with E-state index >= 15 is 0 Å². The molecule has 4 aromatic rings. The molecule has 0 aliphatic carbocycles. The zero-order valence-corrected chi connectivity index (χ0v) is 15.5. The zero-order chi connectivity index (χ0) is 19.2. The monoisotopic (exact) mass is 375 g/mol. The molecule has 0 spiro atoms. The summed E-state index contributed by atoms with van der Waals surface area (Å²) < 4.78 is 0. The van der Waals surface area contributed by atoms with E-state index in [-0.39, 0.29) is 0 Å². The Morgan fingerprint density at radius 3 is 1.83 bits per heavy atom. The fraction of sp³-hybridized carbons (Fsp3) is 0. The minimum Gasteiger partial charge on any atom is -0.361 e. The Kier molecular flexibility index (Phi) is 3.40. The summed E-state index contributed by atoms with van der Waals surface area (Å²) in [7, 11) is 0. The number of rotatable bonds is 1. The first-order chi connectivity index (χ1) is 14.3. The first-order valence-corrected chi connectivity index (χ1v) is 9.51. The average Bonchev–Trinajstić information content (AvgIpc) is 3.50. The molecule has 0 atom stereocenters. The summed E-state index contributed by atoms with van der Waals surface area (Å²) in [5, 5.41) is 0. The Balaban J connectivity index is 1.69. The van der Waals surface area contributed by atoms with Crippen LogP contribution < -0.4 is 0 Å². The fourth-order valence-electron chi connectivity index (χ4n) is 3.74. The van der Waals surface area contributed by atoms with Crippen LogP contribution in [0.1, 0.15) is 22.8 Å². The van der Waals surface area contributed by atoms with Crippen molar-refractivity contribution in [2.45, 2.75) is 0 Å². The van der Waals surface area contributed by atoms with Crippen LogP contribution in [0.2, 0.25) is 0 Å². The molecule has 0 radical (unpaired) electrons. The molecule has 0 amide bonds. The van der Waals surface area contributed by atoms with Crippen molar-refractivity contribution in [1.82, 2.24) is 24.9 Å². The molecule has 5 nitrogen and oxygen atoms in total. The van der Waals surface area contributed by atoms with Gasteiger partial charge in [-0.2, -0.15) is 0 Å². The van der Waals surface area contributed by atoms with Crippen molar-refractivity contribution in [2.24, 2.45) is 0 Å². The lowest BCUT2D eigenvalue weighted by atomic mass is 10.2. The first kappa shape index (κ1) is 15.9. The molecule has 8 bridgehead atoms. The van der Waals surface area contributed by atoms with Crippen LogP contribution in [0.15, 0.2) is 60.8 Å². The van der Waals surface area contributed by atoms with Crippen molar-refractivity contribution >= 4 is 46.4 Å². The highest BCUT2D eigenvalue weighted by Crippen LogP contribution is 2.26.